The van der Waals surface area contributed by atoms with Crippen molar-refractivity contribution in [2.45, 2.75) is 20.8 Å². The zero-order valence-electron chi connectivity index (χ0n) is 8.54. The predicted molar refractivity (Wildman–Crippen MR) is 57.3 cm³/mol. The monoisotopic (exact) mass is 172 g/mol. The SMILES string of the molecule is CC(C)C(C)C#Cc1ccccc1. The normalized spacial score (nSPS) is 12.0. The molecule has 1 aromatic rings. The molecule has 68 valence electrons. The first-order valence-corrected chi connectivity index (χ1v) is 4.76. The van der Waals surface area contributed by atoms with Crippen molar-refractivity contribution in [1.82, 2.24) is 0 Å². The van der Waals surface area contributed by atoms with Gasteiger partial charge in [0.2, 0.25) is 0 Å². The molecule has 0 spiro atoms. The van der Waals surface area contributed by atoms with Crippen LogP contribution >= 0.6 is 0 Å². The van der Waals surface area contributed by atoms with Crippen LogP contribution in [0, 0.1) is 23.7 Å². The fraction of sp³-hybridized carbons (Fsp3) is 0.385. The standard InChI is InChI=1S/C13H16/c1-11(2)12(3)9-10-13-7-5-4-6-8-13/h4-8,11-12H,1-3H3. The van der Waals surface area contributed by atoms with Gasteiger partial charge in [-0.15, -0.1) is 0 Å². The van der Waals surface area contributed by atoms with Crippen LogP contribution in [0.1, 0.15) is 26.3 Å². The highest BCUT2D eigenvalue weighted by atomic mass is 14.0. The van der Waals surface area contributed by atoms with Crippen LogP contribution in [0.25, 0.3) is 0 Å². The Hall–Kier alpha value is -1.22. The van der Waals surface area contributed by atoms with Gasteiger partial charge in [-0.3, -0.25) is 0 Å². The van der Waals surface area contributed by atoms with Crippen molar-refractivity contribution >= 4 is 0 Å². The molecule has 0 heterocycles. The van der Waals surface area contributed by atoms with Gasteiger partial charge in [-0.2, -0.15) is 0 Å². The van der Waals surface area contributed by atoms with E-state index in [1.807, 2.05) is 30.3 Å². The largest absolute Gasteiger partial charge is 0.0945 e. The molecule has 0 aliphatic heterocycles. The molecule has 1 rings (SSSR count). The third-order valence-electron chi connectivity index (χ3n) is 2.22. The molecule has 0 aliphatic carbocycles. The highest BCUT2D eigenvalue weighted by Crippen LogP contribution is 2.07. The highest BCUT2D eigenvalue weighted by molar-refractivity contribution is 5.33. The van der Waals surface area contributed by atoms with Gasteiger partial charge in [-0.1, -0.05) is 50.8 Å². The summed E-state index contributed by atoms with van der Waals surface area (Å²) >= 11 is 0. The van der Waals surface area contributed by atoms with Crippen molar-refractivity contribution in [3.8, 4) is 11.8 Å². The molecule has 0 N–H and O–H groups in total. The summed E-state index contributed by atoms with van der Waals surface area (Å²) < 4.78 is 0. The molecule has 0 bridgehead atoms. The first-order valence-electron chi connectivity index (χ1n) is 4.76. The smallest absolute Gasteiger partial charge is 0.0245 e. The molecular weight excluding hydrogens is 156 g/mol. The van der Waals surface area contributed by atoms with E-state index in [-0.39, 0.29) is 0 Å². The topological polar surface area (TPSA) is 0 Å². The number of benzene rings is 1. The van der Waals surface area contributed by atoms with E-state index in [1.54, 1.807) is 0 Å². The minimum absolute atomic E-state index is 0.472. The number of hydrogen-bond acceptors (Lipinski definition) is 0. The average molecular weight is 172 g/mol. The van der Waals surface area contributed by atoms with E-state index in [4.69, 9.17) is 0 Å². The predicted octanol–water partition coefficient (Wildman–Crippen LogP) is 3.33. The molecule has 0 aromatic heterocycles. The van der Waals surface area contributed by atoms with Crippen LogP contribution in [-0.2, 0) is 0 Å². The van der Waals surface area contributed by atoms with Crippen LogP contribution in [0.5, 0.6) is 0 Å². The van der Waals surface area contributed by atoms with E-state index in [0.717, 1.165) is 5.56 Å². The summed E-state index contributed by atoms with van der Waals surface area (Å²) in [4.78, 5) is 0. The Morgan fingerprint density at radius 3 is 2.15 bits per heavy atom. The quantitative estimate of drug-likeness (QED) is 0.570. The van der Waals surface area contributed by atoms with Crippen LogP contribution in [0.2, 0.25) is 0 Å². The highest BCUT2D eigenvalue weighted by Gasteiger charge is 2.00. The fourth-order valence-electron chi connectivity index (χ4n) is 0.885. The second-order valence-corrected chi connectivity index (χ2v) is 3.67. The van der Waals surface area contributed by atoms with Crippen LogP contribution in [0.15, 0.2) is 30.3 Å². The molecule has 0 aliphatic rings. The second-order valence-electron chi connectivity index (χ2n) is 3.67. The van der Waals surface area contributed by atoms with E-state index < -0.39 is 0 Å². The molecule has 0 nitrogen and oxygen atoms in total. The van der Waals surface area contributed by atoms with Crippen LogP contribution < -0.4 is 0 Å². The van der Waals surface area contributed by atoms with Gasteiger partial charge in [-0.05, 0) is 18.1 Å². The molecule has 0 radical (unpaired) electrons. The van der Waals surface area contributed by atoms with Crippen molar-refractivity contribution in [2.75, 3.05) is 0 Å². The number of hydrogen-bond donors (Lipinski definition) is 0. The lowest BCUT2D eigenvalue weighted by Gasteiger charge is -2.06. The number of rotatable bonds is 1. The lowest BCUT2D eigenvalue weighted by atomic mass is 9.98. The molecular formula is C13H16. The zero-order valence-corrected chi connectivity index (χ0v) is 8.54. The van der Waals surface area contributed by atoms with E-state index in [0.29, 0.717) is 11.8 Å². The van der Waals surface area contributed by atoms with Crippen molar-refractivity contribution in [2.24, 2.45) is 11.8 Å². The summed E-state index contributed by atoms with van der Waals surface area (Å²) in [6.45, 7) is 6.56. The zero-order chi connectivity index (χ0) is 9.68. The van der Waals surface area contributed by atoms with Gasteiger partial charge in [0, 0.05) is 11.5 Å². The van der Waals surface area contributed by atoms with E-state index in [2.05, 4.69) is 32.6 Å². The molecule has 0 saturated heterocycles. The van der Waals surface area contributed by atoms with E-state index in [9.17, 15) is 0 Å². The van der Waals surface area contributed by atoms with Gasteiger partial charge in [0.05, 0.1) is 0 Å². The maximum Gasteiger partial charge on any atom is 0.0245 e. The Labute approximate surface area is 81.0 Å². The Kier molecular flexibility index (Phi) is 3.58. The fourth-order valence-corrected chi connectivity index (χ4v) is 0.885. The van der Waals surface area contributed by atoms with Crippen molar-refractivity contribution in [3.63, 3.8) is 0 Å². The molecule has 0 amide bonds. The molecule has 0 heteroatoms. The maximum absolute atomic E-state index is 3.25. The third-order valence-corrected chi connectivity index (χ3v) is 2.22. The van der Waals surface area contributed by atoms with Crippen molar-refractivity contribution in [3.05, 3.63) is 35.9 Å². The minimum Gasteiger partial charge on any atom is -0.0945 e. The van der Waals surface area contributed by atoms with Crippen molar-refractivity contribution in [1.29, 1.82) is 0 Å². The maximum atomic E-state index is 3.25. The lowest BCUT2D eigenvalue weighted by molar-refractivity contribution is 0.520. The van der Waals surface area contributed by atoms with Gasteiger partial charge in [0.15, 0.2) is 0 Å². The van der Waals surface area contributed by atoms with Gasteiger partial charge in [-0.25, -0.2) is 0 Å². The van der Waals surface area contributed by atoms with Crippen LogP contribution in [0.4, 0.5) is 0 Å². The summed E-state index contributed by atoms with van der Waals surface area (Å²) in [6, 6.07) is 10.1. The summed E-state index contributed by atoms with van der Waals surface area (Å²) in [5.41, 5.74) is 1.11. The summed E-state index contributed by atoms with van der Waals surface area (Å²) in [6.07, 6.45) is 0. The first-order chi connectivity index (χ1) is 6.20. The van der Waals surface area contributed by atoms with Crippen molar-refractivity contribution < 1.29 is 0 Å². The van der Waals surface area contributed by atoms with Gasteiger partial charge >= 0.3 is 0 Å². The molecule has 1 atom stereocenters. The van der Waals surface area contributed by atoms with Gasteiger partial charge in [0.1, 0.15) is 0 Å². The molecule has 13 heavy (non-hydrogen) atoms. The third kappa shape index (κ3) is 3.34. The molecule has 1 aromatic carbocycles. The second kappa shape index (κ2) is 4.72. The Bertz CT molecular complexity index is 298. The minimum atomic E-state index is 0.472. The van der Waals surface area contributed by atoms with Gasteiger partial charge < -0.3 is 0 Å². The summed E-state index contributed by atoms with van der Waals surface area (Å²) in [7, 11) is 0. The molecule has 1 unspecified atom stereocenters. The molecule has 0 saturated carbocycles. The average Bonchev–Trinajstić information content (AvgIpc) is 2.15. The van der Waals surface area contributed by atoms with E-state index >= 15 is 0 Å². The summed E-state index contributed by atoms with van der Waals surface area (Å²) in [5.74, 6) is 7.53. The Balaban J connectivity index is 2.68. The Morgan fingerprint density at radius 2 is 1.62 bits per heavy atom. The van der Waals surface area contributed by atoms with Gasteiger partial charge in [0.25, 0.3) is 0 Å². The Morgan fingerprint density at radius 1 is 1.00 bits per heavy atom. The van der Waals surface area contributed by atoms with Crippen LogP contribution in [0.3, 0.4) is 0 Å². The van der Waals surface area contributed by atoms with E-state index in [1.165, 1.54) is 0 Å². The molecule has 0 fully saturated rings. The lowest BCUT2D eigenvalue weighted by Crippen LogP contribution is -1.99. The summed E-state index contributed by atoms with van der Waals surface area (Å²) in [5, 5.41) is 0. The van der Waals surface area contributed by atoms with Crippen LogP contribution in [-0.4, -0.2) is 0 Å². The first kappa shape index (κ1) is 9.86.